The molecule has 0 amide bonds. The monoisotopic (exact) mass is 532 g/mol. The third-order valence-electron chi connectivity index (χ3n) is 5.03. The van der Waals surface area contributed by atoms with Crippen LogP contribution in [0.25, 0.3) is 0 Å². The number of aromatic hydroxyl groups is 1. The summed E-state index contributed by atoms with van der Waals surface area (Å²) in [5.74, 6) is 1.04. The number of phenols is 1. The number of hydrogen-bond acceptors (Lipinski definition) is 8. The van der Waals surface area contributed by atoms with Gasteiger partial charge in [-0.1, -0.05) is 31.2 Å². The molecule has 0 spiro atoms. The molecule has 3 aromatic carbocycles. The van der Waals surface area contributed by atoms with Gasteiger partial charge in [-0.3, -0.25) is 9.00 Å². The normalized spacial score (nSPS) is 12.1. The maximum absolute atomic E-state index is 13.1. The van der Waals surface area contributed by atoms with Crippen molar-refractivity contribution in [2.75, 3.05) is 18.6 Å². The quantitative estimate of drug-likeness (QED) is 0.211. The van der Waals surface area contributed by atoms with E-state index >= 15 is 0 Å². The van der Waals surface area contributed by atoms with Crippen LogP contribution >= 0.6 is 0 Å². The summed E-state index contributed by atoms with van der Waals surface area (Å²) in [4.78, 5) is 12.6. The van der Waals surface area contributed by atoms with Crippen LogP contribution in [0, 0.1) is 0 Å². The molecule has 0 saturated heterocycles. The van der Waals surface area contributed by atoms with E-state index in [-0.39, 0.29) is 30.3 Å². The van der Waals surface area contributed by atoms with E-state index in [9.17, 15) is 22.5 Å². The molecule has 1 N–H and O–H groups in total. The Labute approximate surface area is 213 Å². The highest BCUT2D eigenvalue weighted by Crippen LogP contribution is 2.29. The first-order valence-electron chi connectivity index (χ1n) is 11.3. The standard InChI is InChI=1S/C26H28O8S2/c1-3-25(28)33-26-20(15-17-32-22-11-13-23(14-12-22)34-36(2,30)31)5-4-6-24(26)35(29)18-16-19-7-9-21(27)10-8-19/h4-14,27H,3,15-18H2,1-2H3. The van der Waals surface area contributed by atoms with Crippen LogP contribution in [-0.4, -0.2) is 42.3 Å². The summed E-state index contributed by atoms with van der Waals surface area (Å²) in [6.07, 6.45) is 2.05. The molecule has 0 aliphatic heterocycles. The third-order valence-corrected chi connectivity index (χ3v) is 6.92. The van der Waals surface area contributed by atoms with Gasteiger partial charge in [-0.25, -0.2) is 0 Å². The molecular formula is C26H28O8S2. The van der Waals surface area contributed by atoms with Gasteiger partial charge in [0, 0.05) is 18.6 Å². The van der Waals surface area contributed by atoms with Gasteiger partial charge in [0.2, 0.25) is 0 Å². The largest absolute Gasteiger partial charge is 0.508 e. The molecule has 0 aliphatic carbocycles. The average molecular weight is 533 g/mol. The Bertz CT molecular complexity index is 1300. The van der Waals surface area contributed by atoms with E-state index in [1.165, 1.54) is 12.1 Å². The van der Waals surface area contributed by atoms with Gasteiger partial charge < -0.3 is 18.8 Å². The van der Waals surface area contributed by atoms with Crippen LogP contribution in [0.3, 0.4) is 0 Å². The number of phenolic OH excluding ortho intramolecular Hbond substituents is 1. The van der Waals surface area contributed by atoms with Crippen molar-refractivity contribution >= 4 is 26.9 Å². The minimum Gasteiger partial charge on any atom is -0.508 e. The van der Waals surface area contributed by atoms with Crippen LogP contribution in [0.4, 0.5) is 0 Å². The summed E-state index contributed by atoms with van der Waals surface area (Å²) in [5, 5.41) is 9.44. The molecule has 3 aromatic rings. The van der Waals surface area contributed by atoms with Gasteiger partial charge in [-0.2, -0.15) is 8.42 Å². The van der Waals surface area contributed by atoms with Crippen molar-refractivity contribution in [1.82, 2.24) is 0 Å². The van der Waals surface area contributed by atoms with Crippen molar-refractivity contribution in [3.63, 3.8) is 0 Å². The zero-order chi connectivity index (χ0) is 26.1. The lowest BCUT2D eigenvalue weighted by molar-refractivity contribution is -0.134. The predicted molar refractivity (Wildman–Crippen MR) is 137 cm³/mol. The number of ether oxygens (including phenoxy) is 2. The summed E-state index contributed by atoms with van der Waals surface area (Å²) in [6, 6.07) is 18.1. The minimum absolute atomic E-state index is 0.168. The Morgan fingerprint density at radius 1 is 0.944 bits per heavy atom. The van der Waals surface area contributed by atoms with Crippen molar-refractivity contribution < 1.29 is 36.2 Å². The van der Waals surface area contributed by atoms with Crippen molar-refractivity contribution in [3.8, 4) is 23.0 Å². The number of para-hydroxylation sites is 1. The van der Waals surface area contributed by atoms with E-state index in [1.807, 2.05) is 0 Å². The molecule has 0 bridgehead atoms. The van der Waals surface area contributed by atoms with Crippen molar-refractivity contribution in [2.45, 2.75) is 31.1 Å². The number of esters is 1. The van der Waals surface area contributed by atoms with E-state index in [0.29, 0.717) is 34.8 Å². The molecule has 1 atom stereocenters. The number of benzene rings is 3. The second kappa shape index (κ2) is 12.5. The van der Waals surface area contributed by atoms with E-state index in [2.05, 4.69) is 0 Å². The van der Waals surface area contributed by atoms with Gasteiger partial charge in [-0.05, 0) is 60.0 Å². The number of carbonyl (C=O) groups is 1. The molecule has 10 heteroatoms. The van der Waals surface area contributed by atoms with Crippen LogP contribution in [0.2, 0.25) is 0 Å². The maximum atomic E-state index is 13.1. The Hall–Kier alpha value is -3.37. The lowest BCUT2D eigenvalue weighted by Crippen LogP contribution is -2.13. The summed E-state index contributed by atoms with van der Waals surface area (Å²) < 4.78 is 51.7. The van der Waals surface area contributed by atoms with Crippen LogP contribution in [0.5, 0.6) is 23.0 Å². The van der Waals surface area contributed by atoms with Crippen molar-refractivity contribution in [2.24, 2.45) is 0 Å². The third kappa shape index (κ3) is 8.39. The highest BCUT2D eigenvalue weighted by molar-refractivity contribution is 7.86. The summed E-state index contributed by atoms with van der Waals surface area (Å²) >= 11 is 0. The molecule has 0 saturated carbocycles. The second-order valence-corrected chi connectivity index (χ2v) is 11.0. The Morgan fingerprint density at radius 2 is 1.61 bits per heavy atom. The molecule has 192 valence electrons. The van der Waals surface area contributed by atoms with E-state index in [4.69, 9.17) is 13.7 Å². The smallest absolute Gasteiger partial charge is 0.310 e. The fourth-order valence-corrected chi connectivity index (χ4v) is 4.98. The van der Waals surface area contributed by atoms with Gasteiger partial charge >= 0.3 is 16.1 Å². The maximum Gasteiger partial charge on any atom is 0.310 e. The Kier molecular flexibility index (Phi) is 9.49. The van der Waals surface area contributed by atoms with Crippen LogP contribution in [-0.2, 0) is 38.6 Å². The number of aryl methyl sites for hydroxylation is 1. The first kappa shape index (κ1) is 27.2. The second-order valence-electron chi connectivity index (χ2n) is 7.90. The lowest BCUT2D eigenvalue weighted by atomic mass is 10.1. The molecule has 0 radical (unpaired) electrons. The van der Waals surface area contributed by atoms with Gasteiger partial charge in [0.15, 0.2) is 0 Å². The van der Waals surface area contributed by atoms with Crippen molar-refractivity contribution in [3.05, 3.63) is 77.9 Å². The number of hydrogen-bond donors (Lipinski definition) is 1. The molecule has 3 rings (SSSR count). The van der Waals surface area contributed by atoms with E-state index in [0.717, 1.165) is 11.8 Å². The topological polar surface area (TPSA) is 116 Å². The molecule has 0 aliphatic rings. The van der Waals surface area contributed by atoms with E-state index in [1.54, 1.807) is 61.5 Å². The van der Waals surface area contributed by atoms with Crippen LogP contribution < -0.4 is 13.7 Å². The van der Waals surface area contributed by atoms with E-state index < -0.39 is 26.9 Å². The summed E-state index contributed by atoms with van der Waals surface area (Å²) in [5.41, 5.74) is 1.62. The van der Waals surface area contributed by atoms with Crippen LogP contribution in [0.15, 0.2) is 71.6 Å². The number of carbonyl (C=O) groups excluding carboxylic acids is 1. The highest BCUT2D eigenvalue weighted by Gasteiger charge is 2.18. The molecule has 0 aromatic heterocycles. The fraction of sp³-hybridized carbons (Fsp3) is 0.269. The first-order chi connectivity index (χ1) is 17.1. The highest BCUT2D eigenvalue weighted by atomic mass is 32.2. The minimum atomic E-state index is -3.61. The fourth-order valence-electron chi connectivity index (χ4n) is 3.27. The van der Waals surface area contributed by atoms with Gasteiger partial charge in [0.25, 0.3) is 0 Å². The molecular weight excluding hydrogens is 504 g/mol. The Balaban J connectivity index is 1.70. The Morgan fingerprint density at radius 3 is 2.25 bits per heavy atom. The van der Waals surface area contributed by atoms with Gasteiger partial charge in [0.1, 0.15) is 23.0 Å². The average Bonchev–Trinajstić information content (AvgIpc) is 2.84. The predicted octanol–water partition coefficient (Wildman–Crippen LogP) is 4.02. The molecule has 36 heavy (non-hydrogen) atoms. The molecule has 0 fully saturated rings. The first-order valence-corrected chi connectivity index (χ1v) is 14.4. The molecule has 8 nitrogen and oxygen atoms in total. The van der Waals surface area contributed by atoms with Gasteiger partial charge in [0.05, 0.1) is 28.6 Å². The summed E-state index contributed by atoms with van der Waals surface area (Å²) in [6.45, 7) is 1.93. The van der Waals surface area contributed by atoms with Crippen molar-refractivity contribution in [1.29, 1.82) is 0 Å². The SMILES string of the molecule is CCC(=O)Oc1c(CCOc2ccc(OS(C)(=O)=O)cc2)cccc1S(=O)CCc1ccc(O)cc1. The molecule has 1 unspecified atom stereocenters. The zero-order valence-corrected chi connectivity index (χ0v) is 21.6. The lowest BCUT2D eigenvalue weighted by Gasteiger charge is -2.15. The summed E-state index contributed by atoms with van der Waals surface area (Å²) in [7, 11) is -5.04. The molecule has 0 heterocycles. The van der Waals surface area contributed by atoms with Gasteiger partial charge in [-0.15, -0.1) is 0 Å². The zero-order valence-electron chi connectivity index (χ0n) is 20.0. The van der Waals surface area contributed by atoms with Crippen LogP contribution in [0.1, 0.15) is 24.5 Å². The number of rotatable bonds is 12.